The highest BCUT2D eigenvalue weighted by Gasteiger charge is 2.42. The summed E-state index contributed by atoms with van der Waals surface area (Å²) >= 11 is 1.79. The van der Waals surface area contributed by atoms with Crippen molar-refractivity contribution in [2.45, 2.75) is 38.0 Å². The Hall–Kier alpha value is -2.59. The molecule has 3 aromatic rings. The minimum absolute atomic E-state index is 0.0300. The molecule has 1 aliphatic rings. The maximum Gasteiger partial charge on any atom is 0.246 e. The molecule has 1 N–H and O–H groups in total. The van der Waals surface area contributed by atoms with Crippen molar-refractivity contribution in [3.8, 4) is 0 Å². The third-order valence-corrected chi connectivity index (χ3v) is 6.77. The molecule has 3 heterocycles. The Morgan fingerprint density at radius 3 is 2.70 bits per heavy atom. The van der Waals surface area contributed by atoms with Crippen LogP contribution in [0.15, 0.2) is 52.3 Å². The van der Waals surface area contributed by atoms with Gasteiger partial charge in [-0.05, 0) is 36.3 Å². The van der Waals surface area contributed by atoms with Gasteiger partial charge in [0.15, 0.2) is 0 Å². The number of piperidine rings is 1. The lowest BCUT2D eigenvalue weighted by Gasteiger charge is -2.40. The van der Waals surface area contributed by atoms with Gasteiger partial charge in [-0.1, -0.05) is 36.4 Å². The second-order valence-electron chi connectivity index (χ2n) is 8.21. The summed E-state index contributed by atoms with van der Waals surface area (Å²) in [4.78, 5) is 16.6. The van der Waals surface area contributed by atoms with Crippen molar-refractivity contribution in [3.05, 3.63) is 70.1 Å². The van der Waals surface area contributed by atoms with Crippen molar-refractivity contribution in [1.29, 1.82) is 0 Å². The van der Waals surface area contributed by atoms with Crippen molar-refractivity contribution in [1.82, 2.24) is 20.4 Å². The van der Waals surface area contributed by atoms with Crippen LogP contribution in [0, 0.1) is 0 Å². The number of ether oxygens (including phenoxy) is 2. The van der Waals surface area contributed by atoms with Gasteiger partial charge < -0.3 is 24.1 Å². The Bertz CT molecular complexity index is 985. The molecule has 1 aliphatic heterocycles. The summed E-state index contributed by atoms with van der Waals surface area (Å²) in [6.45, 7) is 3.25. The van der Waals surface area contributed by atoms with Crippen molar-refractivity contribution < 1.29 is 18.7 Å². The fourth-order valence-electron chi connectivity index (χ4n) is 4.04. The van der Waals surface area contributed by atoms with E-state index in [0.29, 0.717) is 31.2 Å². The van der Waals surface area contributed by atoms with Crippen LogP contribution in [-0.2, 0) is 39.4 Å². The van der Waals surface area contributed by atoms with Crippen LogP contribution in [0.25, 0.3) is 0 Å². The standard InChI is InChI=1S/C24H30N4O4S/c1-30-18-22-26-27-23(32-22)24(25-21(29)17-31-16-19-6-3-2-4-7-19)10-13-28(14-11-24)12-9-20-8-5-15-33-20/h2-8,15H,9-14,16-18H2,1H3,(H,25,29). The fourth-order valence-corrected chi connectivity index (χ4v) is 4.74. The highest BCUT2D eigenvalue weighted by atomic mass is 32.1. The molecule has 4 rings (SSSR count). The van der Waals surface area contributed by atoms with E-state index in [1.165, 1.54) is 4.88 Å². The van der Waals surface area contributed by atoms with E-state index in [0.717, 1.165) is 31.6 Å². The molecule has 2 aromatic heterocycles. The normalized spacial score (nSPS) is 16.0. The van der Waals surface area contributed by atoms with Gasteiger partial charge in [0.1, 0.15) is 18.8 Å². The van der Waals surface area contributed by atoms with E-state index >= 15 is 0 Å². The number of nitrogens with zero attached hydrogens (tertiary/aromatic N) is 3. The molecule has 0 aliphatic carbocycles. The van der Waals surface area contributed by atoms with E-state index in [9.17, 15) is 4.79 Å². The number of methoxy groups -OCH3 is 1. The molecule has 33 heavy (non-hydrogen) atoms. The van der Waals surface area contributed by atoms with E-state index in [1.807, 2.05) is 30.3 Å². The SMILES string of the molecule is COCc1nnc(C2(NC(=O)COCc3ccccc3)CCN(CCc3cccs3)CC2)o1. The summed E-state index contributed by atoms with van der Waals surface area (Å²) in [5.41, 5.74) is 0.325. The van der Waals surface area contributed by atoms with E-state index in [4.69, 9.17) is 13.9 Å². The maximum atomic E-state index is 12.8. The van der Waals surface area contributed by atoms with Crippen LogP contribution in [0.3, 0.4) is 0 Å². The van der Waals surface area contributed by atoms with Gasteiger partial charge >= 0.3 is 0 Å². The first kappa shape index (κ1) is 23.6. The highest BCUT2D eigenvalue weighted by molar-refractivity contribution is 7.09. The second-order valence-corrected chi connectivity index (χ2v) is 9.25. The third-order valence-electron chi connectivity index (χ3n) is 5.83. The Morgan fingerprint density at radius 1 is 1.15 bits per heavy atom. The first-order valence-corrected chi connectivity index (χ1v) is 12.0. The summed E-state index contributed by atoms with van der Waals surface area (Å²) in [7, 11) is 1.58. The lowest BCUT2D eigenvalue weighted by Crippen LogP contribution is -2.54. The lowest BCUT2D eigenvalue weighted by atomic mass is 9.87. The van der Waals surface area contributed by atoms with Crippen LogP contribution >= 0.6 is 11.3 Å². The van der Waals surface area contributed by atoms with Crippen molar-refractivity contribution >= 4 is 17.2 Å². The van der Waals surface area contributed by atoms with Crippen LogP contribution in [0.4, 0.5) is 0 Å². The summed E-state index contributed by atoms with van der Waals surface area (Å²) in [5.74, 6) is 0.648. The second kappa shape index (κ2) is 11.5. The molecule has 0 spiro atoms. The topological polar surface area (TPSA) is 89.7 Å². The van der Waals surface area contributed by atoms with Crippen molar-refractivity contribution in [2.24, 2.45) is 0 Å². The third kappa shape index (κ3) is 6.48. The van der Waals surface area contributed by atoms with Gasteiger partial charge in [0.2, 0.25) is 17.7 Å². The summed E-state index contributed by atoms with van der Waals surface area (Å²) in [5, 5.41) is 13.6. The highest BCUT2D eigenvalue weighted by Crippen LogP contribution is 2.32. The van der Waals surface area contributed by atoms with Gasteiger partial charge in [-0.25, -0.2) is 0 Å². The number of hydrogen-bond donors (Lipinski definition) is 1. The van der Waals surface area contributed by atoms with Gasteiger partial charge in [0.25, 0.3) is 0 Å². The largest absolute Gasteiger partial charge is 0.420 e. The summed E-state index contributed by atoms with van der Waals surface area (Å²) in [6, 6.07) is 14.1. The Balaban J connectivity index is 1.37. The Morgan fingerprint density at radius 2 is 1.97 bits per heavy atom. The molecule has 0 unspecified atom stereocenters. The fraction of sp³-hybridized carbons (Fsp3) is 0.458. The lowest BCUT2D eigenvalue weighted by molar-refractivity contribution is -0.129. The number of rotatable bonds is 11. The van der Waals surface area contributed by atoms with Crippen molar-refractivity contribution in [2.75, 3.05) is 33.4 Å². The Labute approximate surface area is 197 Å². The number of nitrogens with one attached hydrogen (secondary N) is 1. The number of likely N-dealkylation sites (tertiary alicyclic amines) is 1. The average Bonchev–Trinajstić information content (AvgIpc) is 3.52. The zero-order valence-corrected chi connectivity index (χ0v) is 19.7. The van der Waals surface area contributed by atoms with E-state index in [-0.39, 0.29) is 19.1 Å². The maximum absolute atomic E-state index is 12.8. The molecule has 1 aromatic carbocycles. The van der Waals surface area contributed by atoms with Gasteiger partial charge in [-0.2, -0.15) is 0 Å². The first-order chi connectivity index (χ1) is 16.2. The molecular formula is C24H30N4O4S. The number of carbonyl (C=O) groups is 1. The molecular weight excluding hydrogens is 440 g/mol. The summed E-state index contributed by atoms with van der Waals surface area (Å²) < 4.78 is 16.6. The number of hydrogen-bond acceptors (Lipinski definition) is 8. The molecule has 1 saturated heterocycles. The molecule has 1 fully saturated rings. The molecule has 1 amide bonds. The number of carbonyl (C=O) groups excluding carboxylic acids is 1. The van der Waals surface area contributed by atoms with E-state index in [1.54, 1.807) is 18.4 Å². The van der Waals surface area contributed by atoms with E-state index < -0.39 is 5.54 Å². The number of thiophene rings is 1. The minimum atomic E-state index is -0.703. The van der Waals surface area contributed by atoms with E-state index in [2.05, 4.69) is 37.9 Å². The van der Waals surface area contributed by atoms with Gasteiger partial charge in [-0.15, -0.1) is 21.5 Å². The van der Waals surface area contributed by atoms with Crippen LogP contribution in [0.2, 0.25) is 0 Å². The van der Waals surface area contributed by atoms with Crippen LogP contribution < -0.4 is 5.32 Å². The number of benzene rings is 1. The number of amides is 1. The van der Waals surface area contributed by atoms with Gasteiger partial charge in [0, 0.05) is 31.6 Å². The van der Waals surface area contributed by atoms with Crippen LogP contribution in [0.5, 0.6) is 0 Å². The zero-order chi connectivity index (χ0) is 22.9. The Kier molecular flexibility index (Phi) is 8.22. The predicted octanol–water partition coefficient (Wildman–Crippen LogP) is 3.14. The minimum Gasteiger partial charge on any atom is -0.420 e. The van der Waals surface area contributed by atoms with Crippen LogP contribution in [0.1, 0.15) is 35.1 Å². The molecule has 9 heteroatoms. The van der Waals surface area contributed by atoms with Gasteiger partial charge in [0.05, 0.1) is 6.61 Å². The average molecular weight is 471 g/mol. The monoisotopic (exact) mass is 470 g/mol. The molecule has 0 bridgehead atoms. The number of aromatic nitrogens is 2. The molecule has 0 atom stereocenters. The predicted molar refractivity (Wildman–Crippen MR) is 125 cm³/mol. The zero-order valence-electron chi connectivity index (χ0n) is 18.9. The smallest absolute Gasteiger partial charge is 0.246 e. The van der Waals surface area contributed by atoms with Crippen LogP contribution in [-0.4, -0.2) is 54.4 Å². The molecule has 0 radical (unpaired) electrons. The van der Waals surface area contributed by atoms with Crippen molar-refractivity contribution in [3.63, 3.8) is 0 Å². The summed E-state index contributed by atoms with van der Waals surface area (Å²) in [6.07, 6.45) is 2.41. The first-order valence-electron chi connectivity index (χ1n) is 11.2. The quantitative estimate of drug-likeness (QED) is 0.460. The molecule has 176 valence electrons. The molecule has 8 nitrogen and oxygen atoms in total. The molecule has 0 saturated carbocycles. The van der Waals surface area contributed by atoms with Gasteiger partial charge in [-0.3, -0.25) is 4.79 Å².